The molecule has 10 heteroatoms. The second kappa shape index (κ2) is 7.90. The van der Waals surface area contributed by atoms with Crippen molar-refractivity contribution in [3.05, 3.63) is 53.1 Å². The molecule has 4 atom stereocenters. The zero-order valence-corrected chi connectivity index (χ0v) is 16.1. The number of nitrogen functional groups attached to an aromatic ring is 1. The minimum atomic E-state index is -2.34. The van der Waals surface area contributed by atoms with E-state index in [4.69, 9.17) is 25.7 Å². The third kappa shape index (κ3) is 4.78. The van der Waals surface area contributed by atoms with Gasteiger partial charge in [-0.3, -0.25) is 9.36 Å². The van der Waals surface area contributed by atoms with E-state index in [0.29, 0.717) is 5.75 Å². The SMILES string of the molecule is CC(=O)C(OC[C@]1(F)C[C@@](C)(N)[C@H](n2ccc(N)nc2=O)O1)Oc1ccccc1. The van der Waals surface area contributed by atoms with E-state index in [2.05, 4.69) is 4.98 Å². The van der Waals surface area contributed by atoms with Crippen molar-refractivity contribution in [3.63, 3.8) is 0 Å². The summed E-state index contributed by atoms with van der Waals surface area (Å²) in [6, 6.07) is 9.91. The molecule has 1 aromatic carbocycles. The Morgan fingerprint density at radius 3 is 2.72 bits per heavy atom. The van der Waals surface area contributed by atoms with E-state index in [1.54, 1.807) is 37.3 Å². The molecule has 0 bridgehead atoms. The number of benzene rings is 1. The third-order valence-electron chi connectivity index (χ3n) is 4.40. The fourth-order valence-corrected chi connectivity index (χ4v) is 3.15. The number of anilines is 1. The molecular weight excluding hydrogens is 383 g/mol. The molecule has 0 spiro atoms. The molecule has 2 aromatic rings. The minimum Gasteiger partial charge on any atom is -0.457 e. The second-order valence-electron chi connectivity index (χ2n) is 7.26. The third-order valence-corrected chi connectivity index (χ3v) is 4.40. The highest BCUT2D eigenvalue weighted by atomic mass is 19.2. The Balaban J connectivity index is 1.73. The van der Waals surface area contributed by atoms with Gasteiger partial charge in [0.2, 0.25) is 5.85 Å². The highest BCUT2D eigenvalue weighted by Gasteiger charge is 2.54. The van der Waals surface area contributed by atoms with Crippen molar-refractivity contribution in [2.24, 2.45) is 5.73 Å². The summed E-state index contributed by atoms with van der Waals surface area (Å²) < 4.78 is 32.7. The molecule has 156 valence electrons. The topological polar surface area (TPSA) is 132 Å². The summed E-state index contributed by atoms with van der Waals surface area (Å²) in [5, 5.41) is 0. The number of nitrogens with two attached hydrogens (primary N) is 2. The van der Waals surface area contributed by atoms with Gasteiger partial charge in [-0.25, -0.2) is 9.18 Å². The van der Waals surface area contributed by atoms with Crippen LogP contribution in [0.15, 0.2) is 47.4 Å². The lowest BCUT2D eigenvalue weighted by atomic mass is 9.96. The smallest absolute Gasteiger partial charge is 0.351 e. The Morgan fingerprint density at radius 2 is 2.10 bits per heavy atom. The Hall–Kier alpha value is -2.82. The summed E-state index contributed by atoms with van der Waals surface area (Å²) in [6.07, 6.45) is -1.40. The number of para-hydroxylation sites is 1. The molecule has 1 saturated heterocycles. The van der Waals surface area contributed by atoms with Crippen molar-refractivity contribution < 1.29 is 23.4 Å². The quantitative estimate of drug-likeness (QED) is 0.654. The lowest BCUT2D eigenvalue weighted by molar-refractivity contribution is -0.214. The number of nitrogens with zero attached hydrogens (tertiary/aromatic N) is 2. The average Bonchev–Trinajstić information content (AvgIpc) is 2.88. The molecule has 2 heterocycles. The van der Waals surface area contributed by atoms with E-state index in [0.717, 1.165) is 4.57 Å². The predicted octanol–water partition coefficient (Wildman–Crippen LogP) is 1.14. The van der Waals surface area contributed by atoms with Gasteiger partial charge in [-0.1, -0.05) is 18.2 Å². The highest BCUT2D eigenvalue weighted by Crippen LogP contribution is 2.43. The molecule has 0 amide bonds. The van der Waals surface area contributed by atoms with Gasteiger partial charge in [0.1, 0.15) is 18.2 Å². The number of ether oxygens (including phenoxy) is 3. The highest BCUT2D eigenvalue weighted by molar-refractivity contribution is 5.79. The van der Waals surface area contributed by atoms with Crippen molar-refractivity contribution in [1.82, 2.24) is 9.55 Å². The van der Waals surface area contributed by atoms with Gasteiger partial charge in [0.05, 0.1) is 5.54 Å². The summed E-state index contributed by atoms with van der Waals surface area (Å²) in [5.41, 5.74) is 9.71. The van der Waals surface area contributed by atoms with Gasteiger partial charge < -0.3 is 25.7 Å². The summed E-state index contributed by atoms with van der Waals surface area (Å²) in [6.45, 7) is 2.19. The summed E-state index contributed by atoms with van der Waals surface area (Å²) in [7, 11) is 0. The molecule has 9 nitrogen and oxygen atoms in total. The van der Waals surface area contributed by atoms with Crippen LogP contribution in [0.4, 0.5) is 10.2 Å². The van der Waals surface area contributed by atoms with Gasteiger partial charge >= 0.3 is 5.69 Å². The van der Waals surface area contributed by atoms with Gasteiger partial charge in [-0.2, -0.15) is 4.98 Å². The molecule has 1 aliphatic rings. The molecule has 0 radical (unpaired) electrons. The largest absolute Gasteiger partial charge is 0.457 e. The number of carbonyl (C=O) groups excluding carboxylic acids is 1. The van der Waals surface area contributed by atoms with Crippen LogP contribution in [0.5, 0.6) is 5.75 Å². The van der Waals surface area contributed by atoms with E-state index in [-0.39, 0.29) is 12.2 Å². The van der Waals surface area contributed by atoms with E-state index in [1.165, 1.54) is 19.2 Å². The van der Waals surface area contributed by atoms with Gasteiger partial charge in [0.15, 0.2) is 12.0 Å². The monoisotopic (exact) mass is 406 g/mol. The normalized spacial score (nSPS) is 27.5. The number of alkyl halides is 1. The lowest BCUT2D eigenvalue weighted by Crippen LogP contribution is -2.45. The Labute approximate surface area is 166 Å². The first kappa shape index (κ1) is 20.9. The fourth-order valence-electron chi connectivity index (χ4n) is 3.15. The molecule has 1 fully saturated rings. The maximum absolute atomic E-state index is 15.4. The fraction of sp³-hybridized carbons (Fsp3) is 0.421. The summed E-state index contributed by atoms with van der Waals surface area (Å²) in [4.78, 5) is 27.6. The number of ketones is 1. The van der Waals surface area contributed by atoms with Crippen molar-refractivity contribution in [3.8, 4) is 5.75 Å². The van der Waals surface area contributed by atoms with Gasteiger partial charge in [0.25, 0.3) is 6.29 Å². The van der Waals surface area contributed by atoms with Gasteiger partial charge in [-0.15, -0.1) is 0 Å². The molecule has 0 aliphatic carbocycles. The first-order valence-electron chi connectivity index (χ1n) is 8.94. The molecule has 1 aliphatic heterocycles. The number of Topliss-reactive ketones (excluding diaryl/α,β-unsaturated/α-hetero) is 1. The molecule has 4 N–H and O–H groups in total. The zero-order chi connectivity index (χ0) is 21.2. The van der Waals surface area contributed by atoms with Crippen LogP contribution in [0.25, 0.3) is 0 Å². The number of rotatable bonds is 7. The first-order chi connectivity index (χ1) is 13.6. The molecule has 1 unspecified atom stereocenters. The number of hydrogen-bond acceptors (Lipinski definition) is 8. The Bertz CT molecular complexity index is 936. The molecule has 29 heavy (non-hydrogen) atoms. The van der Waals surface area contributed by atoms with Crippen molar-refractivity contribution in [1.29, 1.82) is 0 Å². The number of aromatic nitrogens is 2. The average molecular weight is 406 g/mol. The summed E-state index contributed by atoms with van der Waals surface area (Å²) in [5.74, 6) is -2.36. The van der Waals surface area contributed by atoms with E-state index in [1.807, 2.05) is 0 Å². The van der Waals surface area contributed by atoms with Crippen LogP contribution in [-0.2, 0) is 14.3 Å². The zero-order valence-electron chi connectivity index (χ0n) is 16.1. The van der Waals surface area contributed by atoms with Crippen molar-refractivity contribution in [2.75, 3.05) is 12.3 Å². The standard InChI is InChI=1S/C19H23FN4O5/c1-12(25)15(28-13-6-4-3-5-7-13)27-11-19(20)10-18(2,22)16(29-19)24-9-8-14(21)23-17(24)26/h3-9,15-16H,10-11,22H2,1-2H3,(H2,21,23,26)/t15?,16-,18-,19+/m1/s1. The molecule has 0 saturated carbocycles. The van der Waals surface area contributed by atoms with Crippen LogP contribution >= 0.6 is 0 Å². The van der Waals surface area contributed by atoms with Crippen LogP contribution < -0.4 is 21.9 Å². The van der Waals surface area contributed by atoms with Gasteiger partial charge in [-0.05, 0) is 25.1 Å². The van der Waals surface area contributed by atoms with Crippen LogP contribution in [0, 0.1) is 0 Å². The van der Waals surface area contributed by atoms with Crippen molar-refractivity contribution >= 4 is 11.6 Å². The number of halogens is 1. The predicted molar refractivity (Wildman–Crippen MR) is 102 cm³/mol. The molecular formula is C19H23FN4O5. The van der Waals surface area contributed by atoms with E-state index in [9.17, 15) is 9.59 Å². The number of carbonyl (C=O) groups is 1. The van der Waals surface area contributed by atoms with Crippen LogP contribution in [0.2, 0.25) is 0 Å². The van der Waals surface area contributed by atoms with Gasteiger partial charge in [0, 0.05) is 19.5 Å². The van der Waals surface area contributed by atoms with Crippen LogP contribution in [0.3, 0.4) is 0 Å². The number of hydrogen-bond donors (Lipinski definition) is 2. The first-order valence-corrected chi connectivity index (χ1v) is 8.94. The summed E-state index contributed by atoms with van der Waals surface area (Å²) >= 11 is 0. The van der Waals surface area contributed by atoms with Crippen LogP contribution in [-0.4, -0.2) is 39.6 Å². The van der Waals surface area contributed by atoms with E-state index < -0.39 is 42.0 Å². The van der Waals surface area contributed by atoms with Crippen molar-refractivity contribution in [2.45, 2.75) is 44.2 Å². The maximum atomic E-state index is 15.4. The Kier molecular flexibility index (Phi) is 5.69. The maximum Gasteiger partial charge on any atom is 0.351 e. The van der Waals surface area contributed by atoms with E-state index >= 15 is 4.39 Å². The molecule has 3 rings (SSSR count). The second-order valence-corrected chi connectivity index (χ2v) is 7.26. The molecule has 1 aromatic heterocycles. The Morgan fingerprint density at radius 1 is 1.41 bits per heavy atom. The minimum absolute atomic E-state index is 0.0279. The lowest BCUT2D eigenvalue weighted by Gasteiger charge is -2.25. The van der Waals surface area contributed by atoms with Crippen LogP contribution in [0.1, 0.15) is 26.5 Å².